The second-order valence-electron chi connectivity index (χ2n) is 3.35. The first-order chi connectivity index (χ1) is 6.57. The van der Waals surface area contributed by atoms with Crippen molar-refractivity contribution in [3.63, 3.8) is 0 Å². The molecule has 4 heteroatoms. The largest absolute Gasteiger partial charge is 0.481 e. The minimum atomic E-state index is -0.813. The maximum atomic E-state index is 11.0. The van der Waals surface area contributed by atoms with Crippen LogP contribution in [0.15, 0.2) is 0 Å². The van der Waals surface area contributed by atoms with E-state index in [9.17, 15) is 9.59 Å². The molecule has 0 fully saturated rings. The van der Waals surface area contributed by atoms with Crippen LogP contribution in [0.1, 0.15) is 39.5 Å². The minimum Gasteiger partial charge on any atom is -0.481 e. The molecule has 14 heavy (non-hydrogen) atoms. The fourth-order valence-electron chi connectivity index (χ4n) is 0.964. The highest BCUT2D eigenvalue weighted by Crippen LogP contribution is 2.08. The predicted octanol–water partition coefficient (Wildman–Crippen LogP) is 1.83. The van der Waals surface area contributed by atoms with E-state index in [0.717, 1.165) is 6.42 Å². The van der Waals surface area contributed by atoms with E-state index in [2.05, 4.69) is 0 Å². The van der Waals surface area contributed by atoms with E-state index in [1.165, 1.54) is 0 Å². The summed E-state index contributed by atoms with van der Waals surface area (Å²) >= 11 is 0. The molecule has 1 N–H and O–H groups in total. The molecule has 0 aliphatic heterocycles. The number of carbonyl (C=O) groups excluding carboxylic acids is 1. The molecule has 4 nitrogen and oxygen atoms in total. The van der Waals surface area contributed by atoms with Gasteiger partial charge in [-0.25, -0.2) is 0 Å². The molecule has 0 aromatic carbocycles. The second kappa shape index (κ2) is 7.35. The van der Waals surface area contributed by atoms with Crippen LogP contribution in [-0.2, 0) is 14.3 Å². The van der Waals surface area contributed by atoms with Crippen LogP contribution in [0.3, 0.4) is 0 Å². The van der Waals surface area contributed by atoms with Crippen molar-refractivity contribution < 1.29 is 19.4 Å². The normalized spacial score (nSPS) is 12.1. The number of ether oxygens (including phenoxy) is 1. The van der Waals surface area contributed by atoms with E-state index in [1.807, 2.05) is 6.92 Å². The Hall–Kier alpha value is -1.06. The molecule has 0 saturated carbocycles. The smallest absolute Gasteiger partial charge is 0.306 e. The zero-order chi connectivity index (χ0) is 11.0. The first-order valence-electron chi connectivity index (χ1n) is 4.96. The molecule has 0 aromatic rings. The van der Waals surface area contributed by atoms with Gasteiger partial charge in [-0.1, -0.05) is 13.8 Å². The van der Waals surface area contributed by atoms with Crippen molar-refractivity contribution in [1.29, 1.82) is 0 Å². The van der Waals surface area contributed by atoms with Crippen molar-refractivity contribution in [3.05, 3.63) is 0 Å². The van der Waals surface area contributed by atoms with Crippen LogP contribution < -0.4 is 0 Å². The summed E-state index contributed by atoms with van der Waals surface area (Å²) in [5.41, 5.74) is 0. The molecular formula is C10H18O4. The van der Waals surface area contributed by atoms with Gasteiger partial charge >= 0.3 is 11.9 Å². The minimum absolute atomic E-state index is 0.232. The lowest BCUT2D eigenvalue weighted by atomic mass is 10.0. The van der Waals surface area contributed by atoms with Crippen LogP contribution in [0.25, 0.3) is 0 Å². The van der Waals surface area contributed by atoms with E-state index >= 15 is 0 Å². The fourth-order valence-corrected chi connectivity index (χ4v) is 0.964. The summed E-state index contributed by atoms with van der Waals surface area (Å²) in [6.45, 7) is 4.02. The van der Waals surface area contributed by atoms with Gasteiger partial charge in [-0.15, -0.1) is 0 Å². The average Bonchev–Trinajstić information content (AvgIpc) is 2.14. The maximum absolute atomic E-state index is 11.0. The Bertz CT molecular complexity index is 189. The number of rotatable bonds is 7. The van der Waals surface area contributed by atoms with Crippen molar-refractivity contribution in [2.45, 2.75) is 39.5 Å². The predicted molar refractivity (Wildman–Crippen MR) is 51.9 cm³/mol. The Balaban J connectivity index is 3.44. The molecule has 0 radical (unpaired) electrons. The molecular weight excluding hydrogens is 184 g/mol. The number of hydrogen-bond donors (Lipinski definition) is 1. The third-order valence-electron chi connectivity index (χ3n) is 1.91. The van der Waals surface area contributed by atoms with Crippen LogP contribution in [0, 0.1) is 5.92 Å². The molecule has 0 aliphatic rings. The summed E-state index contributed by atoms with van der Waals surface area (Å²) in [6, 6.07) is 0. The van der Waals surface area contributed by atoms with Crippen LogP contribution >= 0.6 is 0 Å². The van der Waals surface area contributed by atoms with Crippen molar-refractivity contribution in [1.82, 2.24) is 0 Å². The van der Waals surface area contributed by atoms with Gasteiger partial charge in [-0.05, 0) is 19.3 Å². The van der Waals surface area contributed by atoms with Crippen LogP contribution in [0.2, 0.25) is 0 Å². The lowest BCUT2D eigenvalue weighted by Gasteiger charge is -2.05. The Morgan fingerprint density at radius 2 is 2.07 bits per heavy atom. The van der Waals surface area contributed by atoms with Gasteiger partial charge in [-0.3, -0.25) is 9.59 Å². The van der Waals surface area contributed by atoms with Gasteiger partial charge in [-0.2, -0.15) is 0 Å². The summed E-state index contributed by atoms with van der Waals surface area (Å²) in [5.74, 6) is -1.43. The highest BCUT2D eigenvalue weighted by atomic mass is 16.5. The average molecular weight is 202 g/mol. The van der Waals surface area contributed by atoms with Crippen LogP contribution in [0.4, 0.5) is 0 Å². The van der Waals surface area contributed by atoms with Gasteiger partial charge < -0.3 is 9.84 Å². The van der Waals surface area contributed by atoms with Crippen molar-refractivity contribution >= 4 is 11.9 Å². The van der Waals surface area contributed by atoms with Crippen molar-refractivity contribution in [2.75, 3.05) is 6.61 Å². The number of esters is 1. The van der Waals surface area contributed by atoms with Crippen LogP contribution in [0.5, 0.6) is 0 Å². The molecule has 1 unspecified atom stereocenters. The SMILES string of the molecule is CCCOC(=O)CCCC(C)C(=O)O. The molecule has 0 aromatic heterocycles. The standard InChI is InChI=1S/C10H18O4/c1-3-7-14-9(11)6-4-5-8(2)10(12)13/h8H,3-7H2,1-2H3,(H,12,13). The number of hydrogen-bond acceptors (Lipinski definition) is 3. The van der Waals surface area contributed by atoms with Gasteiger partial charge in [0, 0.05) is 6.42 Å². The Labute approximate surface area is 84.3 Å². The number of carboxylic acids is 1. The summed E-state index contributed by atoms with van der Waals surface area (Å²) in [6.07, 6.45) is 2.24. The fraction of sp³-hybridized carbons (Fsp3) is 0.800. The zero-order valence-corrected chi connectivity index (χ0v) is 8.78. The van der Waals surface area contributed by atoms with E-state index in [-0.39, 0.29) is 11.9 Å². The number of carbonyl (C=O) groups is 2. The highest BCUT2D eigenvalue weighted by Gasteiger charge is 2.11. The van der Waals surface area contributed by atoms with E-state index in [4.69, 9.17) is 9.84 Å². The molecule has 0 rings (SSSR count). The molecule has 1 atom stereocenters. The molecule has 82 valence electrons. The quantitative estimate of drug-likeness (QED) is 0.640. The molecule has 0 spiro atoms. The van der Waals surface area contributed by atoms with Crippen molar-refractivity contribution in [2.24, 2.45) is 5.92 Å². The molecule has 0 amide bonds. The summed E-state index contributed by atoms with van der Waals surface area (Å²) in [7, 11) is 0. The second-order valence-corrected chi connectivity index (χ2v) is 3.35. The van der Waals surface area contributed by atoms with E-state index in [0.29, 0.717) is 25.9 Å². The summed E-state index contributed by atoms with van der Waals surface area (Å²) < 4.78 is 4.85. The van der Waals surface area contributed by atoms with Gasteiger partial charge in [0.15, 0.2) is 0 Å². The highest BCUT2D eigenvalue weighted by molar-refractivity contribution is 5.70. The van der Waals surface area contributed by atoms with Crippen molar-refractivity contribution in [3.8, 4) is 0 Å². The Morgan fingerprint density at radius 1 is 1.43 bits per heavy atom. The first-order valence-corrected chi connectivity index (χ1v) is 4.96. The first kappa shape index (κ1) is 12.9. The molecule has 0 saturated heterocycles. The Kier molecular flexibility index (Phi) is 6.80. The van der Waals surface area contributed by atoms with E-state index in [1.54, 1.807) is 6.92 Å². The van der Waals surface area contributed by atoms with Gasteiger partial charge in [0.2, 0.25) is 0 Å². The monoisotopic (exact) mass is 202 g/mol. The Morgan fingerprint density at radius 3 is 2.57 bits per heavy atom. The third-order valence-corrected chi connectivity index (χ3v) is 1.91. The number of aliphatic carboxylic acids is 1. The third kappa shape index (κ3) is 6.46. The van der Waals surface area contributed by atoms with Crippen LogP contribution in [-0.4, -0.2) is 23.7 Å². The molecule has 0 heterocycles. The lowest BCUT2D eigenvalue weighted by molar-refractivity contribution is -0.145. The van der Waals surface area contributed by atoms with Gasteiger partial charge in [0.1, 0.15) is 0 Å². The van der Waals surface area contributed by atoms with Gasteiger partial charge in [0.25, 0.3) is 0 Å². The summed E-state index contributed by atoms with van der Waals surface area (Å²) in [5, 5.41) is 8.57. The summed E-state index contributed by atoms with van der Waals surface area (Å²) in [4.78, 5) is 21.4. The number of carboxylic acid groups (broad SMARTS) is 1. The van der Waals surface area contributed by atoms with E-state index < -0.39 is 5.97 Å². The lowest BCUT2D eigenvalue weighted by Crippen LogP contribution is -2.11. The zero-order valence-electron chi connectivity index (χ0n) is 8.78. The van der Waals surface area contributed by atoms with Gasteiger partial charge in [0.05, 0.1) is 12.5 Å². The maximum Gasteiger partial charge on any atom is 0.306 e. The topological polar surface area (TPSA) is 63.6 Å². The molecule has 0 aliphatic carbocycles. The molecule has 0 bridgehead atoms.